The maximum atomic E-state index is 12.5. The number of nitrogens with two attached hydrogens (primary N) is 1. The van der Waals surface area contributed by atoms with Gasteiger partial charge in [0.25, 0.3) is 0 Å². The van der Waals surface area contributed by atoms with Crippen molar-refractivity contribution in [2.24, 2.45) is 5.73 Å². The van der Waals surface area contributed by atoms with Crippen molar-refractivity contribution in [1.29, 1.82) is 0 Å². The highest BCUT2D eigenvalue weighted by Crippen LogP contribution is 2.41. The molecule has 5 heteroatoms. The molecule has 0 saturated heterocycles. The summed E-state index contributed by atoms with van der Waals surface area (Å²) >= 11 is 0. The third kappa shape index (κ3) is 3.55. The molecule has 2 aromatic rings. The van der Waals surface area contributed by atoms with E-state index in [-0.39, 0.29) is 11.3 Å². The van der Waals surface area contributed by atoms with E-state index in [2.05, 4.69) is 85.1 Å². The molecule has 1 aliphatic carbocycles. The summed E-state index contributed by atoms with van der Waals surface area (Å²) in [7, 11) is -4.26. The van der Waals surface area contributed by atoms with E-state index in [0.29, 0.717) is 5.56 Å². The maximum Gasteiger partial charge on any atom is 0.248 e. The zero-order valence-electron chi connectivity index (χ0n) is 21.1. The first-order valence-corrected chi connectivity index (χ1v) is 17.5. The van der Waals surface area contributed by atoms with Crippen LogP contribution in [-0.4, -0.2) is 22.5 Å². The van der Waals surface area contributed by atoms with Gasteiger partial charge in [0.05, 0.1) is 0 Å². The Morgan fingerprint density at radius 3 is 2.31 bits per heavy atom. The van der Waals surface area contributed by atoms with Crippen LogP contribution >= 0.6 is 0 Å². The standard InChI is InChI=1S/C27H37NO2Si2/c1-10-17-11-18-13-19(27(3,4)5)14-22(21(18)12-17)24-16(2)20(26(28)29)15-23-25(24)32(8,9)30-31(23,6)7/h11,13-15H,10,12H2,1-9H3,(H2,28,29). The van der Waals surface area contributed by atoms with E-state index in [1.165, 1.54) is 43.8 Å². The van der Waals surface area contributed by atoms with Gasteiger partial charge in [0.1, 0.15) is 0 Å². The van der Waals surface area contributed by atoms with Crippen LogP contribution in [-0.2, 0) is 16.0 Å². The topological polar surface area (TPSA) is 52.3 Å². The molecule has 1 amide bonds. The van der Waals surface area contributed by atoms with E-state index in [4.69, 9.17) is 9.85 Å². The number of carbonyl (C=O) groups excluding carboxylic acids is 1. The number of carbonyl (C=O) groups is 1. The van der Waals surface area contributed by atoms with Crippen LogP contribution in [0.4, 0.5) is 0 Å². The van der Waals surface area contributed by atoms with Crippen molar-refractivity contribution in [3.05, 3.63) is 51.6 Å². The Labute approximate surface area is 195 Å². The van der Waals surface area contributed by atoms with Crippen LogP contribution in [0.1, 0.15) is 66.7 Å². The molecule has 4 rings (SSSR count). The van der Waals surface area contributed by atoms with Crippen molar-refractivity contribution in [2.45, 2.75) is 79.1 Å². The number of fused-ring (bicyclic) bond motifs is 2. The van der Waals surface area contributed by atoms with Crippen LogP contribution in [0.2, 0.25) is 26.2 Å². The predicted molar refractivity (Wildman–Crippen MR) is 141 cm³/mol. The van der Waals surface area contributed by atoms with Crippen molar-refractivity contribution >= 4 is 39.0 Å². The maximum absolute atomic E-state index is 12.5. The lowest BCUT2D eigenvalue weighted by atomic mass is 9.81. The number of rotatable bonds is 3. The molecule has 1 aliphatic heterocycles. The second-order valence-corrected chi connectivity index (χ2v) is 19.4. The molecule has 0 radical (unpaired) electrons. The summed E-state index contributed by atoms with van der Waals surface area (Å²) in [6.45, 7) is 20.2. The normalized spacial score (nSPS) is 18.3. The molecule has 0 spiro atoms. The van der Waals surface area contributed by atoms with Gasteiger partial charge in [-0.1, -0.05) is 51.5 Å². The van der Waals surface area contributed by atoms with E-state index in [1.54, 1.807) is 0 Å². The smallest absolute Gasteiger partial charge is 0.248 e. The van der Waals surface area contributed by atoms with Gasteiger partial charge in [0.15, 0.2) is 0 Å². The SMILES string of the molecule is CCC1=Cc2cc(C(C)(C)C)cc(-c3c(C)c(C(N)=O)cc4c3[Si](C)(C)O[Si]4(C)C)c2C1. The van der Waals surface area contributed by atoms with Crippen molar-refractivity contribution in [3.8, 4) is 11.1 Å². The molecule has 1 heterocycles. The minimum atomic E-state index is -2.14. The lowest BCUT2D eigenvalue weighted by molar-refractivity contribution is 0.1000. The molecule has 0 fully saturated rings. The first-order valence-electron chi connectivity index (χ1n) is 11.7. The summed E-state index contributed by atoms with van der Waals surface area (Å²) in [6, 6.07) is 6.82. The van der Waals surface area contributed by atoms with Gasteiger partial charge in [-0.05, 0) is 101 Å². The fourth-order valence-corrected chi connectivity index (χ4v) is 16.2. The molecular weight excluding hydrogens is 426 g/mol. The lowest BCUT2D eigenvalue weighted by Crippen LogP contribution is -2.46. The predicted octanol–water partition coefficient (Wildman–Crippen LogP) is 5.26. The first-order chi connectivity index (χ1) is 14.7. The Morgan fingerprint density at radius 2 is 1.75 bits per heavy atom. The van der Waals surface area contributed by atoms with Crippen LogP contribution in [0.5, 0.6) is 0 Å². The fraction of sp³-hybridized carbons (Fsp3) is 0.444. The second kappa shape index (κ2) is 7.27. The van der Waals surface area contributed by atoms with Crippen molar-refractivity contribution in [2.75, 3.05) is 0 Å². The van der Waals surface area contributed by atoms with Gasteiger partial charge in [-0.15, -0.1) is 0 Å². The number of amides is 1. The van der Waals surface area contributed by atoms with Crippen LogP contribution in [0.25, 0.3) is 17.2 Å². The molecule has 0 saturated carbocycles. The molecule has 0 unspecified atom stereocenters. The van der Waals surface area contributed by atoms with Crippen LogP contribution in [0, 0.1) is 6.92 Å². The number of allylic oxidation sites excluding steroid dienone is 1. The highest BCUT2D eigenvalue weighted by Gasteiger charge is 2.49. The molecule has 32 heavy (non-hydrogen) atoms. The third-order valence-electron chi connectivity index (χ3n) is 7.25. The second-order valence-electron chi connectivity index (χ2n) is 11.5. The summed E-state index contributed by atoms with van der Waals surface area (Å²) < 4.78 is 6.83. The van der Waals surface area contributed by atoms with Gasteiger partial charge in [0.2, 0.25) is 22.5 Å². The Balaban J connectivity index is 2.15. The van der Waals surface area contributed by atoms with E-state index in [9.17, 15) is 4.79 Å². The molecule has 0 atom stereocenters. The van der Waals surface area contributed by atoms with Gasteiger partial charge in [0, 0.05) is 5.56 Å². The number of benzene rings is 2. The van der Waals surface area contributed by atoms with Gasteiger partial charge in [-0.3, -0.25) is 4.79 Å². The lowest BCUT2D eigenvalue weighted by Gasteiger charge is -2.27. The van der Waals surface area contributed by atoms with Gasteiger partial charge < -0.3 is 9.85 Å². The zero-order chi connectivity index (χ0) is 23.8. The van der Waals surface area contributed by atoms with Crippen molar-refractivity contribution in [3.63, 3.8) is 0 Å². The van der Waals surface area contributed by atoms with Crippen LogP contribution in [0.3, 0.4) is 0 Å². The monoisotopic (exact) mass is 463 g/mol. The van der Waals surface area contributed by atoms with Crippen molar-refractivity contribution < 1.29 is 8.91 Å². The Kier molecular flexibility index (Phi) is 5.27. The van der Waals surface area contributed by atoms with E-state index in [1.807, 2.05) is 0 Å². The van der Waals surface area contributed by atoms with Crippen molar-refractivity contribution in [1.82, 2.24) is 0 Å². The average molecular weight is 464 g/mol. The molecule has 0 bridgehead atoms. The molecular formula is C27H37NO2Si2. The Hall–Kier alpha value is -1.96. The first kappa shape index (κ1) is 23.2. The van der Waals surface area contributed by atoms with Gasteiger partial charge in [-0.2, -0.15) is 0 Å². The summed E-state index contributed by atoms with van der Waals surface area (Å²) in [5, 5.41) is 2.65. The fourth-order valence-electron chi connectivity index (χ4n) is 5.62. The molecule has 0 aromatic heterocycles. The molecule has 2 aromatic carbocycles. The van der Waals surface area contributed by atoms with E-state index in [0.717, 1.165) is 18.4 Å². The third-order valence-corrected chi connectivity index (χ3v) is 15.0. The number of hydrogen-bond donors (Lipinski definition) is 1. The average Bonchev–Trinajstić information content (AvgIpc) is 3.15. The summed E-state index contributed by atoms with van der Waals surface area (Å²) in [6.07, 6.45) is 4.41. The summed E-state index contributed by atoms with van der Waals surface area (Å²) in [5.74, 6) is -0.348. The molecule has 2 aliphatic rings. The Bertz CT molecular complexity index is 1180. The largest absolute Gasteiger partial charge is 0.449 e. The van der Waals surface area contributed by atoms with E-state index < -0.39 is 16.6 Å². The summed E-state index contributed by atoms with van der Waals surface area (Å²) in [5.41, 5.74) is 15.6. The van der Waals surface area contributed by atoms with Crippen LogP contribution < -0.4 is 16.1 Å². The zero-order valence-corrected chi connectivity index (χ0v) is 23.1. The molecule has 3 nitrogen and oxygen atoms in total. The van der Waals surface area contributed by atoms with Gasteiger partial charge >= 0.3 is 0 Å². The summed E-state index contributed by atoms with van der Waals surface area (Å²) in [4.78, 5) is 12.5. The quantitative estimate of drug-likeness (QED) is 0.631. The minimum absolute atomic E-state index is 0.0302. The number of hydrogen-bond acceptors (Lipinski definition) is 2. The number of primary amides is 1. The van der Waals surface area contributed by atoms with E-state index >= 15 is 0 Å². The molecule has 170 valence electrons. The molecule has 2 N–H and O–H groups in total. The highest BCUT2D eigenvalue weighted by atomic mass is 28.4. The highest BCUT2D eigenvalue weighted by molar-refractivity contribution is 7.06. The van der Waals surface area contributed by atoms with Crippen LogP contribution in [0.15, 0.2) is 23.8 Å². The minimum Gasteiger partial charge on any atom is -0.449 e. The Morgan fingerprint density at radius 1 is 1.09 bits per heavy atom. The van der Waals surface area contributed by atoms with Gasteiger partial charge in [-0.25, -0.2) is 0 Å².